The molecule has 2 aromatic rings. The monoisotopic (exact) mass is 522 g/mol. The van der Waals surface area contributed by atoms with Crippen LogP contribution in [-0.4, -0.2) is 40.3 Å². The Morgan fingerprint density at radius 3 is 2.67 bits per heavy atom. The van der Waals surface area contributed by atoms with Crippen molar-refractivity contribution in [1.82, 2.24) is 14.7 Å². The number of halogens is 3. The molecule has 33 heavy (non-hydrogen) atoms. The Labute approximate surface area is 201 Å². The van der Waals surface area contributed by atoms with Gasteiger partial charge in [0.2, 0.25) is 5.91 Å². The van der Waals surface area contributed by atoms with E-state index in [1.165, 1.54) is 25.0 Å². The predicted octanol–water partition coefficient (Wildman–Crippen LogP) is 5.74. The topological polar surface area (TPSA) is 50.6 Å². The fraction of sp³-hybridized carbons (Fsp3) is 0.583. The molecule has 1 aromatic heterocycles. The summed E-state index contributed by atoms with van der Waals surface area (Å²) >= 11 is 3.38. The summed E-state index contributed by atoms with van der Waals surface area (Å²) < 4.78 is 33.5. The second-order valence-electron chi connectivity index (χ2n) is 9.22. The van der Waals surface area contributed by atoms with Gasteiger partial charge >= 0.3 is 6.61 Å². The summed E-state index contributed by atoms with van der Waals surface area (Å²) in [6.07, 6.45) is 8.54. The van der Waals surface area contributed by atoms with Crippen LogP contribution >= 0.6 is 15.9 Å². The predicted molar refractivity (Wildman–Crippen MR) is 125 cm³/mol. The molecule has 1 saturated carbocycles. The SMILES string of the molecule is CC(=O)N1CCc2c(c(N3CCCc4cc(Br)c(OC(F)F)cc43)nn2C2CCCCC2)C1. The molecular formula is C24H29BrF2N4O2. The van der Waals surface area contributed by atoms with Crippen LogP contribution in [-0.2, 0) is 24.2 Å². The summed E-state index contributed by atoms with van der Waals surface area (Å²) in [5.41, 5.74) is 4.25. The number of aryl methyl sites for hydroxylation is 1. The van der Waals surface area contributed by atoms with Crippen molar-refractivity contribution in [3.63, 3.8) is 0 Å². The minimum atomic E-state index is -2.89. The molecule has 0 atom stereocenters. The molecule has 6 nitrogen and oxygen atoms in total. The number of amides is 1. The molecule has 0 radical (unpaired) electrons. The highest BCUT2D eigenvalue weighted by Crippen LogP contribution is 2.43. The highest BCUT2D eigenvalue weighted by molar-refractivity contribution is 9.10. The fourth-order valence-electron chi connectivity index (χ4n) is 5.53. The first-order valence-electron chi connectivity index (χ1n) is 11.8. The van der Waals surface area contributed by atoms with Crippen molar-refractivity contribution in [1.29, 1.82) is 0 Å². The quantitative estimate of drug-likeness (QED) is 0.513. The number of rotatable bonds is 4. The van der Waals surface area contributed by atoms with E-state index in [1.54, 1.807) is 13.0 Å². The van der Waals surface area contributed by atoms with Crippen LogP contribution in [0.1, 0.15) is 68.3 Å². The Bertz CT molecular complexity index is 1050. The maximum Gasteiger partial charge on any atom is 0.387 e. The number of carbonyl (C=O) groups excluding carboxylic acids is 1. The van der Waals surface area contributed by atoms with Gasteiger partial charge in [0.05, 0.1) is 17.1 Å². The Morgan fingerprint density at radius 2 is 1.94 bits per heavy atom. The van der Waals surface area contributed by atoms with Gasteiger partial charge in [0, 0.05) is 49.4 Å². The Balaban J connectivity index is 1.60. The summed E-state index contributed by atoms with van der Waals surface area (Å²) in [6, 6.07) is 3.96. The van der Waals surface area contributed by atoms with Gasteiger partial charge in [-0.1, -0.05) is 19.3 Å². The number of hydrogen-bond acceptors (Lipinski definition) is 4. The van der Waals surface area contributed by atoms with E-state index in [4.69, 9.17) is 9.84 Å². The molecule has 1 aromatic carbocycles. The first-order chi connectivity index (χ1) is 15.9. The first-order valence-corrected chi connectivity index (χ1v) is 12.6. The van der Waals surface area contributed by atoms with Crippen LogP contribution in [0.3, 0.4) is 0 Å². The van der Waals surface area contributed by atoms with E-state index in [1.807, 2.05) is 11.0 Å². The molecule has 1 amide bonds. The van der Waals surface area contributed by atoms with Gasteiger partial charge < -0.3 is 14.5 Å². The van der Waals surface area contributed by atoms with Gasteiger partial charge in [0.1, 0.15) is 5.75 Å². The third kappa shape index (κ3) is 4.36. The van der Waals surface area contributed by atoms with Gasteiger partial charge in [0.15, 0.2) is 5.82 Å². The Hall–Kier alpha value is -2.16. The van der Waals surface area contributed by atoms with E-state index >= 15 is 0 Å². The van der Waals surface area contributed by atoms with E-state index < -0.39 is 6.61 Å². The highest BCUT2D eigenvalue weighted by atomic mass is 79.9. The largest absolute Gasteiger partial charge is 0.434 e. The Morgan fingerprint density at radius 1 is 1.15 bits per heavy atom. The number of hydrogen-bond donors (Lipinski definition) is 0. The van der Waals surface area contributed by atoms with E-state index in [-0.39, 0.29) is 11.7 Å². The second kappa shape index (κ2) is 9.24. The number of aromatic nitrogens is 2. The molecule has 0 bridgehead atoms. The number of anilines is 2. The highest BCUT2D eigenvalue weighted by Gasteiger charge is 2.33. The smallest absolute Gasteiger partial charge is 0.387 e. The van der Waals surface area contributed by atoms with E-state index in [0.717, 1.165) is 61.3 Å². The molecule has 178 valence electrons. The van der Waals surface area contributed by atoms with Crippen LogP contribution in [0.4, 0.5) is 20.3 Å². The Kier molecular flexibility index (Phi) is 6.33. The normalized spacial score (nSPS) is 18.9. The van der Waals surface area contributed by atoms with Crippen LogP contribution in [0, 0.1) is 0 Å². The molecular weight excluding hydrogens is 494 g/mol. The second-order valence-corrected chi connectivity index (χ2v) is 10.1. The average molecular weight is 523 g/mol. The number of nitrogens with zero attached hydrogens (tertiary/aromatic N) is 4. The maximum absolute atomic E-state index is 13.0. The van der Waals surface area contributed by atoms with Crippen molar-refractivity contribution < 1.29 is 18.3 Å². The molecule has 0 saturated heterocycles. The standard InChI is InChI=1S/C24H29BrF2N4O2/c1-15(32)29-11-9-20-18(14-29)23(28-31(20)17-7-3-2-4-8-17)30-10-5-6-16-12-19(25)22(13-21(16)30)33-24(26)27/h12-13,17,24H,2-11,14H2,1H3. The lowest BCUT2D eigenvalue weighted by atomic mass is 9.95. The zero-order valence-corrected chi connectivity index (χ0v) is 20.4. The van der Waals surface area contributed by atoms with Gasteiger partial charge in [-0.2, -0.15) is 13.9 Å². The van der Waals surface area contributed by atoms with E-state index in [0.29, 0.717) is 23.6 Å². The van der Waals surface area contributed by atoms with Crippen LogP contribution < -0.4 is 9.64 Å². The van der Waals surface area contributed by atoms with Crippen LogP contribution in [0.25, 0.3) is 0 Å². The van der Waals surface area contributed by atoms with Crippen molar-refractivity contribution >= 4 is 33.3 Å². The summed E-state index contributed by atoms with van der Waals surface area (Å²) in [5, 5.41) is 5.15. The van der Waals surface area contributed by atoms with Crippen LogP contribution in [0.5, 0.6) is 5.75 Å². The molecule has 5 rings (SSSR count). The summed E-state index contributed by atoms with van der Waals surface area (Å²) in [4.78, 5) is 16.2. The molecule has 2 aliphatic heterocycles. The lowest BCUT2D eigenvalue weighted by Gasteiger charge is -2.33. The molecule has 0 unspecified atom stereocenters. The summed E-state index contributed by atoms with van der Waals surface area (Å²) in [5.74, 6) is 1.04. The zero-order chi connectivity index (χ0) is 23.1. The van der Waals surface area contributed by atoms with Gasteiger partial charge in [-0.25, -0.2) is 0 Å². The number of carbonyl (C=O) groups is 1. The van der Waals surface area contributed by atoms with Crippen LogP contribution in [0.2, 0.25) is 0 Å². The van der Waals surface area contributed by atoms with Crippen LogP contribution in [0.15, 0.2) is 16.6 Å². The summed E-state index contributed by atoms with van der Waals surface area (Å²) in [7, 11) is 0. The fourth-order valence-corrected chi connectivity index (χ4v) is 6.02. The molecule has 3 heterocycles. The van der Waals surface area contributed by atoms with Crippen molar-refractivity contribution in [2.45, 2.75) is 77.5 Å². The minimum absolute atomic E-state index is 0.0626. The lowest BCUT2D eigenvalue weighted by molar-refractivity contribution is -0.129. The van der Waals surface area contributed by atoms with Crippen molar-refractivity contribution in [3.8, 4) is 5.75 Å². The molecule has 3 aliphatic rings. The third-order valence-electron chi connectivity index (χ3n) is 7.15. The number of benzene rings is 1. The average Bonchev–Trinajstić information content (AvgIpc) is 3.18. The first kappa shape index (κ1) is 22.6. The van der Waals surface area contributed by atoms with Crippen molar-refractivity contribution in [2.75, 3.05) is 18.0 Å². The van der Waals surface area contributed by atoms with E-state index in [2.05, 4.69) is 25.5 Å². The molecule has 0 N–H and O–H groups in total. The van der Waals surface area contributed by atoms with Gasteiger partial charge in [0.25, 0.3) is 0 Å². The zero-order valence-electron chi connectivity index (χ0n) is 18.8. The van der Waals surface area contributed by atoms with E-state index in [9.17, 15) is 13.6 Å². The molecule has 0 spiro atoms. The molecule has 1 fully saturated rings. The molecule has 1 aliphatic carbocycles. The molecule has 9 heteroatoms. The number of alkyl halides is 2. The maximum atomic E-state index is 13.0. The van der Waals surface area contributed by atoms with Gasteiger partial charge in [-0.3, -0.25) is 9.48 Å². The minimum Gasteiger partial charge on any atom is -0.434 e. The van der Waals surface area contributed by atoms with Crippen molar-refractivity contribution in [3.05, 3.63) is 33.4 Å². The van der Waals surface area contributed by atoms with Gasteiger partial charge in [-0.05, 0) is 53.2 Å². The number of ether oxygens (including phenoxy) is 1. The van der Waals surface area contributed by atoms with Crippen molar-refractivity contribution in [2.24, 2.45) is 0 Å². The third-order valence-corrected chi connectivity index (χ3v) is 7.77. The number of fused-ring (bicyclic) bond motifs is 2. The lowest BCUT2D eigenvalue weighted by Crippen LogP contribution is -2.35. The summed E-state index contributed by atoms with van der Waals surface area (Å²) in [6.45, 7) is 0.708. The van der Waals surface area contributed by atoms with Gasteiger partial charge in [-0.15, -0.1) is 0 Å².